The molecule has 1 amide bonds. The molecule has 0 aromatic heterocycles. The Hall–Kier alpha value is -1.97. The van der Waals surface area contributed by atoms with Crippen molar-refractivity contribution >= 4 is 61.3 Å². The minimum absolute atomic E-state index is 0.0292. The number of benzene rings is 2. The minimum Gasteiger partial charge on any atom is -0.506 e. The number of amides is 1. The van der Waals surface area contributed by atoms with E-state index in [-0.39, 0.29) is 22.0 Å². The maximum absolute atomic E-state index is 12.0. The zero-order valence-corrected chi connectivity index (χ0v) is 15.6. The molecule has 0 aliphatic rings. The van der Waals surface area contributed by atoms with Crippen LogP contribution >= 0.6 is 43.5 Å². The lowest BCUT2D eigenvalue weighted by molar-refractivity contribution is -0.384. The van der Waals surface area contributed by atoms with Crippen LogP contribution in [0.4, 0.5) is 5.69 Å². The van der Waals surface area contributed by atoms with Gasteiger partial charge in [0, 0.05) is 28.3 Å². The number of carbonyl (C=O) groups is 1. The van der Waals surface area contributed by atoms with Crippen LogP contribution in [0, 0.1) is 10.1 Å². The highest BCUT2D eigenvalue weighted by Gasteiger charge is 2.12. The fraction of sp³-hybridized carbons (Fsp3) is 0. The first-order valence-corrected chi connectivity index (χ1v) is 8.21. The molecule has 10 heteroatoms. The Bertz CT molecular complexity index is 835. The van der Waals surface area contributed by atoms with E-state index in [0.29, 0.717) is 14.5 Å². The molecule has 0 unspecified atom stereocenters. The van der Waals surface area contributed by atoms with Gasteiger partial charge in [-0.2, -0.15) is 5.10 Å². The number of non-ortho nitro benzene ring substituents is 1. The summed E-state index contributed by atoms with van der Waals surface area (Å²) >= 11 is 12.2. The Kier molecular flexibility index (Phi) is 5.92. The van der Waals surface area contributed by atoms with Gasteiger partial charge >= 0.3 is 0 Å². The summed E-state index contributed by atoms with van der Waals surface area (Å²) in [6.45, 7) is 0. The van der Waals surface area contributed by atoms with Crippen LogP contribution in [0.2, 0.25) is 5.02 Å². The standard InChI is InChI=1S/C14H8Br2ClN3O4/c15-10-4-7(5-11(16)13(10)21)14(22)19-18-6-8-3-9(20(23)24)1-2-12(8)17/h1-6,21H,(H,19,22)/b18-6-. The topological polar surface area (TPSA) is 105 Å². The number of rotatable bonds is 4. The van der Waals surface area contributed by atoms with Crippen LogP contribution in [0.25, 0.3) is 0 Å². The number of nitro groups is 1. The quantitative estimate of drug-likeness (QED) is 0.390. The van der Waals surface area contributed by atoms with Crippen molar-refractivity contribution in [3.05, 3.63) is 65.5 Å². The summed E-state index contributed by atoms with van der Waals surface area (Å²) < 4.78 is 0.681. The van der Waals surface area contributed by atoms with E-state index in [9.17, 15) is 20.0 Å². The van der Waals surface area contributed by atoms with Gasteiger partial charge in [0.15, 0.2) is 0 Å². The highest BCUT2D eigenvalue weighted by Crippen LogP contribution is 2.33. The second-order valence-corrected chi connectivity index (χ2v) is 6.57. The number of nitrogens with one attached hydrogen (secondary N) is 1. The summed E-state index contributed by atoms with van der Waals surface area (Å²) in [7, 11) is 0. The first-order chi connectivity index (χ1) is 11.3. The van der Waals surface area contributed by atoms with Crippen LogP contribution in [0.5, 0.6) is 5.75 Å². The van der Waals surface area contributed by atoms with E-state index in [4.69, 9.17) is 11.6 Å². The molecular weight excluding hydrogens is 469 g/mol. The van der Waals surface area contributed by atoms with Gasteiger partial charge in [-0.3, -0.25) is 14.9 Å². The molecule has 124 valence electrons. The molecule has 0 spiro atoms. The van der Waals surface area contributed by atoms with Crippen LogP contribution in [-0.2, 0) is 0 Å². The van der Waals surface area contributed by atoms with Crippen molar-refractivity contribution in [2.45, 2.75) is 0 Å². The van der Waals surface area contributed by atoms with Crippen molar-refractivity contribution in [3.63, 3.8) is 0 Å². The molecule has 2 aromatic rings. The van der Waals surface area contributed by atoms with Gasteiger partial charge in [0.1, 0.15) is 5.75 Å². The molecule has 24 heavy (non-hydrogen) atoms. The lowest BCUT2D eigenvalue weighted by Crippen LogP contribution is -2.17. The molecular formula is C14H8Br2ClN3O4. The first kappa shape index (κ1) is 18.4. The normalized spacial score (nSPS) is 10.8. The summed E-state index contributed by atoms with van der Waals surface area (Å²) in [4.78, 5) is 22.2. The monoisotopic (exact) mass is 475 g/mol. The van der Waals surface area contributed by atoms with E-state index in [1.165, 1.54) is 36.5 Å². The molecule has 0 saturated heterocycles. The SMILES string of the molecule is O=C(N/N=C\c1cc([N+](=O)[O-])ccc1Cl)c1cc(Br)c(O)c(Br)c1. The number of aromatic hydroxyl groups is 1. The predicted octanol–water partition coefficient (Wildman–Crippen LogP) is 4.24. The maximum Gasteiger partial charge on any atom is 0.271 e. The number of phenolic OH excluding ortho intramolecular Hbond substituents is 1. The zero-order chi connectivity index (χ0) is 17.9. The van der Waals surface area contributed by atoms with Crippen LogP contribution in [-0.4, -0.2) is 22.2 Å². The van der Waals surface area contributed by atoms with Crippen LogP contribution < -0.4 is 5.43 Å². The van der Waals surface area contributed by atoms with Crippen LogP contribution in [0.15, 0.2) is 44.4 Å². The Morgan fingerprint density at radius 2 is 1.92 bits per heavy atom. The van der Waals surface area contributed by atoms with Gasteiger partial charge in [-0.05, 0) is 50.1 Å². The number of carbonyl (C=O) groups excluding carboxylic acids is 1. The first-order valence-electron chi connectivity index (χ1n) is 6.25. The molecule has 0 aliphatic heterocycles. The Morgan fingerprint density at radius 1 is 1.29 bits per heavy atom. The van der Waals surface area contributed by atoms with Crippen molar-refractivity contribution in [3.8, 4) is 5.75 Å². The predicted molar refractivity (Wildman–Crippen MR) is 96.7 cm³/mol. The maximum atomic E-state index is 12.0. The largest absolute Gasteiger partial charge is 0.506 e. The third-order valence-corrected chi connectivity index (χ3v) is 4.39. The summed E-state index contributed by atoms with van der Waals surface area (Å²) in [6.07, 6.45) is 1.21. The van der Waals surface area contributed by atoms with E-state index < -0.39 is 10.8 Å². The van der Waals surface area contributed by atoms with Gasteiger partial charge in [0.2, 0.25) is 0 Å². The molecule has 0 fully saturated rings. The lowest BCUT2D eigenvalue weighted by Gasteiger charge is -2.05. The van der Waals surface area contributed by atoms with Gasteiger partial charge in [-0.25, -0.2) is 5.43 Å². The molecule has 0 saturated carbocycles. The number of phenols is 1. The highest BCUT2D eigenvalue weighted by atomic mass is 79.9. The molecule has 2 rings (SSSR count). The van der Waals surface area contributed by atoms with Crippen LogP contribution in [0.1, 0.15) is 15.9 Å². The third-order valence-electron chi connectivity index (χ3n) is 2.84. The summed E-state index contributed by atoms with van der Waals surface area (Å²) in [5.41, 5.74) is 2.67. The molecule has 0 atom stereocenters. The summed E-state index contributed by atoms with van der Waals surface area (Å²) in [6, 6.07) is 6.73. The number of nitro benzene ring substituents is 1. The molecule has 0 radical (unpaired) electrons. The fourth-order valence-electron chi connectivity index (χ4n) is 1.67. The smallest absolute Gasteiger partial charge is 0.271 e. The van der Waals surface area contributed by atoms with Crippen molar-refractivity contribution in [1.82, 2.24) is 5.43 Å². The minimum atomic E-state index is -0.558. The second kappa shape index (κ2) is 7.73. The zero-order valence-electron chi connectivity index (χ0n) is 11.7. The Morgan fingerprint density at radius 3 is 2.50 bits per heavy atom. The third kappa shape index (κ3) is 4.31. The Balaban J connectivity index is 2.16. The summed E-state index contributed by atoms with van der Waals surface area (Å²) in [5, 5.41) is 24.3. The molecule has 2 N–H and O–H groups in total. The van der Waals surface area contributed by atoms with Gasteiger partial charge in [0.25, 0.3) is 11.6 Å². The lowest BCUT2D eigenvalue weighted by atomic mass is 10.2. The fourth-order valence-corrected chi connectivity index (χ4v) is 3.02. The molecule has 0 bridgehead atoms. The Labute approximate surface area is 157 Å². The van der Waals surface area contributed by atoms with E-state index >= 15 is 0 Å². The molecule has 0 aliphatic carbocycles. The van der Waals surface area contributed by atoms with E-state index in [0.717, 1.165) is 0 Å². The average Bonchev–Trinajstić information content (AvgIpc) is 2.53. The molecule has 0 heterocycles. The average molecular weight is 477 g/mol. The molecule has 7 nitrogen and oxygen atoms in total. The summed E-state index contributed by atoms with van der Waals surface area (Å²) in [5.74, 6) is -0.562. The van der Waals surface area contributed by atoms with E-state index in [1.54, 1.807) is 0 Å². The number of halogens is 3. The van der Waals surface area contributed by atoms with Gasteiger partial charge < -0.3 is 5.11 Å². The molecule has 2 aromatic carbocycles. The van der Waals surface area contributed by atoms with Crippen LogP contribution in [0.3, 0.4) is 0 Å². The number of hydrogen-bond acceptors (Lipinski definition) is 5. The second-order valence-electron chi connectivity index (χ2n) is 4.45. The van der Waals surface area contributed by atoms with Gasteiger partial charge in [0.05, 0.1) is 20.1 Å². The van der Waals surface area contributed by atoms with E-state index in [2.05, 4.69) is 42.4 Å². The van der Waals surface area contributed by atoms with Crippen molar-refractivity contribution in [2.75, 3.05) is 0 Å². The number of hydrazone groups is 1. The van der Waals surface area contributed by atoms with Crippen molar-refractivity contribution in [2.24, 2.45) is 5.10 Å². The number of hydrogen-bond donors (Lipinski definition) is 2. The van der Waals surface area contributed by atoms with Gasteiger partial charge in [-0.15, -0.1) is 0 Å². The van der Waals surface area contributed by atoms with Crippen molar-refractivity contribution in [1.29, 1.82) is 0 Å². The van der Waals surface area contributed by atoms with Gasteiger partial charge in [-0.1, -0.05) is 11.6 Å². The highest BCUT2D eigenvalue weighted by molar-refractivity contribution is 9.11. The number of nitrogens with zero attached hydrogens (tertiary/aromatic N) is 2. The van der Waals surface area contributed by atoms with Crippen molar-refractivity contribution < 1.29 is 14.8 Å². The van der Waals surface area contributed by atoms with E-state index in [1.807, 2.05) is 0 Å².